The van der Waals surface area contributed by atoms with E-state index in [1.54, 1.807) is 25.1 Å². The number of carbonyl (C=O) groups is 1. The number of rotatable bonds is 5. The number of ether oxygens (including phenoxy) is 1. The zero-order valence-electron chi connectivity index (χ0n) is 10.7. The van der Waals surface area contributed by atoms with E-state index in [0.29, 0.717) is 5.69 Å². The molecule has 0 aliphatic rings. The molecule has 0 unspecified atom stereocenters. The zero-order valence-corrected chi connectivity index (χ0v) is 11.5. The number of esters is 1. The van der Waals surface area contributed by atoms with Crippen LogP contribution in [-0.4, -0.2) is 33.8 Å². The van der Waals surface area contributed by atoms with E-state index in [9.17, 15) is 13.2 Å². The molecule has 1 aromatic carbocycles. The van der Waals surface area contributed by atoms with Gasteiger partial charge < -0.3 is 4.74 Å². The van der Waals surface area contributed by atoms with E-state index in [0.717, 1.165) is 16.1 Å². The van der Waals surface area contributed by atoms with Crippen molar-refractivity contribution in [2.24, 2.45) is 0 Å². The summed E-state index contributed by atoms with van der Waals surface area (Å²) in [5, 5.41) is 0. The highest BCUT2D eigenvalue weighted by Crippen LogP contribution is 2.18. The molecule has 0 spiro atoms. The second-order valence-corrected chi connectivity index (χ2v) is 5.82. The van der Waals surface area contributed by atoms with Crippen LogP contribution in [0, 0.1) is 6.92 Å². The molecule has 0 N–H and O–H groups in total. The van der Waals surface area contributed by atoms with E-state index in [2.05, 4.69) is 0 Å². The normalized spacial score (nSPS) is 11.1. The van der Waals surface area contributed by atoms with Crippen LogP contribution in [0.2, 0.25) is 0 Å². The Morgan fingerprint density at radius 3 is 2.56 bits per heavy atom. The molecule has 0 fully saturated rings. The van der Waals surface area contributed by atoms with E-state index in [1.807, 2.05) is 13.0 Å². The topological polar surface area (TPSA) is 63.7 Å². The minimum atomic E-state index is -3.52. The maximum Gasteiger partial charge on any atom is 0.326 e. The minimum absolute atomic E-state index is 0.226. The van der Waals surface area contributed by atoms with Crippen LogP contribution in [0.15, 0.2) is 24.3 Å². The lowest BCUT2D eigenvalue weighted by Crippen LogP contribution is -2.35. The zero-order chi connectivity index (χ0) is 13.8. The Morgan fingerprint density at radius 2 is 2.06 bits per heavy atom. The van der Waals surface area contributed by atoms with Gasteiger partial charge in [-0.25, -0.2) is 8.42 Å². The van der Waals surface area contributed by atoms with Crippen molar-refractivity contribution in [2.45, 2.75) is 13.8 Å². The first-order chi connectivity index (χ1) is 8.34. The van der Waals surface area contributed by atoms with E-state index in [1.165, 1.54) is 0 Å². The summed E-state index contributed by atoms with van der Waals surface area (Å²) in [6, 6.07) is 6.95. The summed E-state index contributed by atoms with van der Waals surface area (Å²) in [5.41, 5.74) is 1.38. The quantitative estimate of drug-likeness (QED) is 0.758. The maximum atomic E-state index is 11.7. The summed E-state index contributed by atoms with van der Waals surface area (Å²) < 4.78 is 29.2. The van der Waals surface area contributed by atoms with Gasteiger partial charge in [0.1, 0.15) is 6.54 Å². The van der Waals surface area contributed by atoms with Crippen LogP contribution >= 0.6 is 0 Å². The number of nitrogens with zero attached hydrogens (tertiary/aromatic N) is 1. The van der Waals surface area contributed by atoms with E-state index < -0.39 is 16.0 Å². The fourth-order valence-corrected chi connectivity index (χ4v) is 2.34. The second kappa shape index (κ2) is 5.86. The largest absolute Gasteiger partial charge is 0.465 e. The molecule has 0 atom stereocenters. The standard InChI is InChI=1S/C12H17NO4S/c1-4-17-12(14)9-13(18(3,15)16)11-7-5-6-10(2)8-11/h5-8H,4,9H2,1-3H3. The van der Waals surface area contributed by atoms with Crippen molar-refractivity contribution in [3.8, 4) is 0 Å². The molecule has 0 saturated carbocycles. The molecule has 1 aromatic rings. The molecule has 1 rings (SSSR count). The third-order valence-electron chi connectivity index (χ3n) is 2.27. The third kappa shape index (κ3) is 4.03. The number of hydrogen-bond donors (Lipinski definition) is 0. The van der Waals surface area contributed by atoms with Crippen molar-refractivity contribution in [3.63, 3.8) is 0 Å². The van der Waals surface area contributed by atoms with Crippen molar-refractivity contribution in [3.05, 3.63) is 29.8 Å². The van der Waals surface area contributed by atoms with Crippen molar-refractivity contribution in [1.29, 1.82) is 0 Å². The van der Waals surface area contributed by atoms with Gasteiger partial charge in [0.05, 0.1) is 18.6 Å². The summed E-state index contributed by atoms with van der Waals surface area (Å²) in [6.07, 6.45) is 1.06. The number of carbonyl (C=O) groups excluding carboxylic acids is 1. The van der Waals surface area contributed by atoms with Crippen LogP contribution in [0.1, 0.15) is 12.5 Å². The van der Waals surface area contributed by atoms with Gasteiger partial charge in [0, 0.05) is 0 Å². The number of benzene rings is 1. The fourth-order valence-electron chi connectivity index (χ4n) is 1.51. The molecule has 0 aliphatic heterocycles. The van der Waals surface area contributed by atoms with Crippen LogP contribution < -0.4 is 4.31 Å². The molecular formula is C12H17NO4S. The molecule has 0 aliphatic carbocycles. The Labute approximate surface area is 107 Å². The molecule has 0 aromatic heterocycles. The summed E-state index contributed by atoms with van der Waals surface area (Å²) in [4.78, 5) is 11.4. The van der Waals surface area contributed by atoms with Gasteiger partial charge in [-0.1, -0.05) is 12.1 Å². The molecule has 0 radical (unpaired) electrons. The lowest BCUT2D eigenvalue weighted by atomic mass is 10.2. The van der Waals surface area contributed by atoms with Gasteiger partial charge in [-0.15, -0.1) is 0 Å². The van der Waals surface area contributed by atoms with Crippen molar-refractivity contribution >= 4 is 21.7 Å². The highest BCUT2D eigenvalue weighted by molar-refractivity contribution is 7.92. The Bertz CT molecular complexity index is 525. The smallest absolute Gasteiger partial charge is 0.326 e. The van der Waals surface area contributed by atoms with E-state index >= 15 is 0 Å². The highest BCUT2D eigenvalue weighted by Gasteiger charge is 2.21. The molecule has 0 heterocycles. The van der Waals surface area contributed by atoms with Gasteiger partial charge in [-0.05, 0) is 31.5 Å². The number of hydrogen-bond acceptors (Lipinski definition) is 4. The molecule has 0 saturated heterocycles. The van der Waals surface area contributed by atoms with Gasteiger partial charge in [-0.3, -0.25) is 9.10 Å². The van der Waals surface area contributed by atoms with Crippen LogP contribution in [0.5, 0.6) is 0 Å². The minimum Gasteiger partial charge on any atom is -0.465 e. The summed E-state index contributed by atoms with van der Waals surface area (Å²) >= 11 is 0. The van der Waals surface area contributed by atoms with E-state index in [-0.39, 0.29) is 13.2 Å². The number of aryl methyl sites for hydroxylation is 1. The molecular weight excluding hydrogens is 254 g/mol. The number of sulfonamides is 1. The number of anilines is 1. The first kappa shape index (κ1) is 14.5. The highest BCUT2D eigenvalue weighted by atomic mass is 32.2. The maximum absolute atomic E-state index is 11.7. The lowest BCUT2D eigenvalue weighted by molar-refractivity contribution is -0.141. The average molecular weight is 271 g/mol. The monoisotopic (exact) mass is 271 g/mol. The SMILES string of the molecule is CCOC(=O)CN(c1cccc(C)c1)S(C)(=O)=O. The molecule has 0 amide bonds. The van der Waals surface area contributed by atoms with Gasteiger partial charge in [-0.2, -0.15) is 0 Å². The van der Waals surface area contributed by atoms with Gasteiger partial charge in [0.2, 0.25) is 10.0 Å². The second-order valence-electron chi connectivity index (χ2n) is 3.91. The molecule has 5 nitrogen and oxygen atoms in total. The summed E-state index contributed by atoms with van der Waals surface area (Å²) in [5.74, 6) is -0.565. The van der Waals surface area contributed by atoms with Gasteiger partial charge in [0.15, 0.2) is 0 Å². The van der Waals surface area contributed by atoms with Crippen LogP contribution in [0.4, 0.5) is 5.69 Å². The van der Waals surface area contributed by atoms with Crippen LogP contribution in [-0.2, 0) is 19.6 Å². The lowest BCUT2D eigenvalue weighted by Gasteiger charge is -2.21. The average Bonchev–Trinajstić information content (AvgIpc) is 2.24. The Balaban J connectivity index is 3.04. The summed E-state index contributed by atoms with van der Waals surface area (Å²) in [7, 11) is -3.52. The van der Waals surface area contributed by atoms with E-state index in [4.69, 9.17) is 4.74 Å². The molecule has 6 heteroatoms. The first-order valence-corrected chi connectivity index (χ1v) is 7.39. The first-order valence-electron chi connectivity index (χ1n) is 5.54. The van der Waals surface area contributed by atoms with Crippen LogP contribution in [0.25, 0.3) is 0 Å². The van der Waals surface area contributed by atoms with Crippen LogP contribution in [0.3, 0.4) is 0 Å². The van der Waals surface area contributed by atoms with Gasteiger partial charge in [0.25, 0.3) is 0 Å². The van der Waals surface area contributed by atoms with Crippen molar-refractivity contribution in [1.82, 2.24) is 0 Å². The predicted molar refractivity (Wildman–Crippen MR) is 70.0 cm³/mol. The third-order valence-corrected chi connectivity index (χ3v) is 3.41. The van der Waals surface area contributed by atoms with Crippen molar-refractivity contribution in [2.75, 3.05) is 23.7 Å². The molecule has 18 heavy (non-hydrogen) atoms. The Morgan fingerprint density at radius 1 is 1.39 bits per heavy atom. The molecule has 100 valence electrons. The fraction of sp³-hybridized carbons (Fsp3) is 0.417. The summed E-state index contributed by atoms with van der Waals surface area (Å²) in [6.45, 7) is 3.45. The Hall–Kier alpha value is -1.56. The van der Waals surface area contributed by atoms with Gasteiger partial charge >= 0.3 is 5.97 Å². The Kier molecular flexibility index (Phi) is 4.72. The predicted octanol–water partition coefficient (Wildman–Crippen LogP) is 1.32. The molecule has 0 bridgehead atoms. The van der Waals surface area contributed by atoms with Crippen molar-refractivity contribution < 1.29 is 17.9 Å².